The molecule has 1 heterocycles. The lowest BCUT2D eigenvalue weighted by atomic mass is 10.0. The zero-order chi connectivity index (χ0) is 14.8. The molecule has 19 heavy (non-hydrogen) atoms. The Labute approximate surface area is 120 Å². The van der Waals surface area contributed by atoms with Crippen LogP contribution >= 0.6 is 6.72 Å². The fourth-order valence-corrected chi connectivity index (χ4v) is 3.01. The van der Waals surface area contributed by atoms with Crippen LogP contribution in [0.1, 0.15) is 41.0 Å². The Morgan fingerprint density at radius 3 is 2.37 bits per heavy atom. The van der Waals surface area contributed by atoms with E-state index in [9.17, 15) is 9.79 Å². The van der Waals surface area contributed by atoms with Gasteiger partial charge in [-0.15, -0.1) is 0 Å². The van der Waals surface area contributed by atoms with E-state index in [4.69, 9.17) is 4.52 Å². The molecule has 110 valence electrons. The highest BCUT2D eigenvalue weighted by Gasteiger charge is 2.33. The normalized spacial score (nSPS) is 21.2. The second kappa shape index (κ2) is 6.46. The first-order chi connectivity index (χ1) is 8.71. The average molecular weight is 306 g/mol. The van der Waals surface area contributed by atoms with Gasteiger partial charge in [-0.25, -0.2) is 4.99 Å². The number of rotatable bonds is 5. The van der Waals surface area contributed by atoms with E-state index in [1.807, 2.05) is 25.7 Å². The molecule has 7 heteroatoms. The highest BCUT2D eigenvalue weighted by Crippen LogP contribution is 2.42. The van der Waals surface area contributed by atoms with Crippen LogP contribution in [0.4, 0.5) is 0 Å². The van der Waals surface area contributed by atoms with Crippen LogP contribution in [0.5, 0.6) is 0 Å². The summed E-state index contributed by atoms with van der Waals surface area (Å²) >= 11 is 4.62. The molecule has 1 rings (SSSR count). The quantitative estimate of drug-likeness (QED) is 0.764. The third kappa shape index (κ3) is 4.10. The second-order valence-electron chi connectivity index (χ2n) is 4.82. The summed E-state index contributed by atoms with van der Waals surface area (Å²) in [4.78, 5) is 25.5. The van der Waals surface area contributed by atoms with Crippen LogP contribution in [0, 0.1) is 5.92 Å². The molecule has 0 aliphatic carbocycles. The third-order valence-electron chi connectivity index (χ3n) is 3.10. The number of hydrogen-bond donors (Lipinski definition) is 2. The first kappa shape index (κ1) is 16.8. The number of allylic oxidation sites excluding steroid dienone is 1. The summed E-state index contributed by atoms with van der Waals surface area (Å²) in [6.07, 6.45) is 0.211. The molecule has 1 aliphatic rings. The van der Waals surface area contributed by atoms with E-state index in [2.05, 4.69) is 30.6 Å². The van der Waals surface area contributed by atoms with Gasteiger partial charge < -0.3 is 14.7 Å². The van der Waals surface area contributed by atoms with Gasteiger partial charge in [-0.05, 0) is 32.1 Å². The summed E-state index contributed by atoms with van der Waals surface area (Å²) in [5.41, 5.74) is 1.83. The van der Waals surface area contributed by atoms with Crippen LogP contribution in [-0.2, 0) is 16.3 Å². The van der Waals surface area contributed by atoms with Gasteiger partial charge in [0.2, 0.25) is 0 Å². The van der Waals surface area contributed by atoms with Crippen molar-refractivity contribution in [2.45, 2.75) is 47.3 Å². The maximum atomic E-state index is 9.48. The monoisotopic (exact) mass is 306 g/mol. The van der Waals surface area contributed by atoms with Crippen molar-refractivity contribution in [3.8, 4) is 0 Å². The number of hydrogen-bond acceptors (Lipinski definition) is 4. The topological polar surface area (TPSA) is 65.3 Å². The van der Waals surface area contributed by atoms with Crippen LogP contribution in [0.25, 0.3) is 0 Å². The zero-order valence-electron chi connectivity index (χ0n) is 12.1. The molecule has 0 radical (unpaired) electrons. The number of aliphatic imine (C=N–C) groups is 1. The van der Waals surface area contributed by atoms with Crippen LogP contribution in [0.3, 0.4) is 0 Å². The van der Waals surface area contributed by atoms with E-state index < -0.39 is 12.9 Å². The van der Waals surface area contributed by atoms with Crippen molar-refractivity contribution in [1.82, 2.24) is 4.90 Å². The summed E-state index contributed by atoms with van der Waals surface area (Å²) in [5, 5.41) is 0. The van der Waals surface area contributed by atoms with Gasteiger partial charge in [-0.2, -0.15) is 0 Å². The van der Waals surface area contributed by atoms with Gasteiger partial charge in [0.05, 0.1) is 0 Å². The lowest BCUT2D eigenvalue weighted by molar-refractivity contribution is 0.0858. The Bertz CT molecular complexity index is 442. The SMILES string of the molecule is CCC1=C(C)N=C(C(C)C)N(CC)C1OP(O)(O)=S. The van der Waals surface area contributed by atoms with Gasteiger partial charge >= 0.3 is 6.72 Å². The Hall–Kier alpha value is -0.260. The van der Waals surface area contributed by atoms with Gasteiger partial charge in [0, 0.05) is 23.7 Å². The molecule has 0 aromatic carbocycles. The van der Waals surface area contributed by atoms with E-state index >= 15 is 0 Å². The van der Waals surface area contributed by atoms with E-state index in [-0.39, 0.29) is 5.92 Å². The molecule has 0 aromatic rings. The van der Waals surface area contributed by atoms with E-state index in [1.165, 1.54) is 0 Å². The Kier molecular flexibility index (Phi) is 5.71. The summed E-state index contributed by atoms with van der Waals surface area (Å²) in [5.74, 6) is 1.13. The van der Waals surface area contributed by atoms with Crippen molar-refractivity contribution in [1.29, 1.82) is 0 Å². The van der Waals surface area contributed by atoms with E-state index in [0.717, 1.165) is 23.5 Å². The zero-order valence-corrected chi connectivity index (χ0v) is 13.8. The first-order valence-electron chi connectivity index (χ1n) is 6.50. The summed E-state index contributed by atoms with van der Waals surface area (Å²) < 4.78 is 5.36. The standard InChI is InChI=1S/C12H23N2O3PS/c1-6-10-9(5)13-11(8(3)4)14(7-2)12(10)17-18(15,16)19/h8,12H,6-7H2,1-5H3,(H2,15,16,19). The Morgan fingerprint density at radius 1 is 1.42 bits per heavy atom. The minimum Gasteiger partial charge on any atom is -0.330 e. The Balaban J connectivity index is 3.24. The van der Waals surface area contributed by atoms with Crippen LogP contribution in [0.15, 0.2) is 16.3 Å². The summed E-state index contributed by atoms with van der Waals surface area (Å²) in [6.45, 7) is 6.97. The van der Waals surface area contributed by atoms with Crippen molar-refractivity contribution in [3.05, 3.63) is 11.3 Å². The average Bonchev–Trinajstić information content (AvgIpc) is 2.26. The molecule has 0 saturated carbocycles. The molecule has 2 N–H and O–H groups in total. The predicted octanol–water partition coefficient (Wildman–Crippen LogP) is 2.61. The molecule has 5 nitrogen and oxygen atoms in total. The molecule has 1 aliphatic heterocycles. The minimum absolute atomic E-state index is 0.231. The second-order valence-corrected chi connectivity index (χ2v) is 7.44. The molecule has 0 fully saturated rings. The lowest BCUT2D eigenvalue weighted by Crippen LogP contribution is -2.47. The predicted molar refractivity (Wildman–Crippen MR) is 81.2 cm³/mol. The fraction of sp³-hybridized carbons (Fsp3) is 0.750. The Morgan fingerprint density at radius 2 is 2.00 bits per heavy atom. The number of amidine groups is 1. The molecule has 0 aromatic heterocycles. The van der Waals surface area contributed by atoms with Crippen molar-refractivity contribution < 1.29 is 14.3 Å². The number of nitrogens with zero attached hydrogens (tertiary/aromatic N) is 2. The molecule has 0 spiro atoms. The molecule has 0 saturated heterocycles. The molecular weight excluding hydrogens is 283 g/mol. The first-order valence-corrected chi connectivity index (χ1v) is 9.12. The molecule has 0 amide bonds. The highest BCUT2D eigenvalue weighted by molar-refractivity contribution is 8.06. The van der Waals surface area contributed by atoms with Crippen LogP contribution < -0.4 is 0 Å². The van der Waals surface area contributed by atoms with Gasteiger partial charge in [-0.3, -0.25) is 4.52 Å². The summed E-state index contributed by atoms with van der Waals surface area (Å²) in [6, 6.07) is 0. The van der Waals surface area contributed by atoms with E-state index in [0.29, 0.717) is 6.54 Å². The van der Waals surface area contributed by atoms with E-state index in [1.54, 1.807) is 0 Å². The fourth-order valence-electron chi connectivity index (χ4n) is 2.26. The van der Waals surface area contributed by atoms with Crippen molar-refractivity contribution in [3.63, 3.8) is 0 Å². The van der Waals surface area contributed by atoms with Gasteiger partial charge in [-0.1, -0.05) is 20.8 Å². The highest BCUT2D eigenvalue weighted by atomic mass is 32.5. The molecule has 1 atom stereocenters. The molecule has 1 unspecified atom stereocenters. The van der Waals surface area contributed by atoms with Crippen LogP contribution in [0.2, 0.25) is 0 Å². The van der Waals surface area contributed by atoms with Crippen molar-refractivity contribution in [2.24, 2.45) is 10.9 Å². The molecule has 0 bridgehead atoms. The van der Waals surface area contributed by atoms with Gasteiger partial charge in [0.1, 0.15) is 5.84 Å². The van der Waals surface area contributed by atoms with Crippen molar-refractivity contribution >= 4 is 24.4 Å². The third-order valence-corrected chi connectivity index (χ3v) is 3.83. The van der Waals surface area contributed by atoms with Crippen molar-refractivity contribution in [2.75, 3.05) is 6.54 Å². The maximum Gasteiger partial charge on any atom is 0.324 e. The molecular formula is C12H23N2O3PS. The largest absolute Gasteiger partial charge is 0.330 e. The lowest BCUT2D eigenvalue weighted by Gasteiger charge is -2.39. The maximum absolute atomic E-state index is 9.48. The van der Waals surface area contributed by atoms with Gasteiger partial charge in [0.15, 0.2) is 6.23 Å². The van der Waals surface area contributed by atoms with Crippen LogP contribution in [-0.4, -0.2) is 33.3 Å². The number of likely N-dealkylation sites (N-methyl/N-ethyl adjacent to an activating group) is 1. The smallest absolute Gasteiger partial charge is 0.324 e. The minimum atomic E-state index is -3.72. The van der Waals surface area contributed by atoms with Gasteiger partial charge in [0.25, 0.3) is 0 Å². The summed E-state index contributed by atoms with van der Waals surface area (Å²) in [7, 11) is 0.